The Kier molecular flexibility index (Phi) is 3.58. The molecule has 0 aliphatic carbocycles. The fraction of sp³-hybridized carbons (Fsp3) is 0.500. The Hall–Kier alpha value is -1.62. The van der Waals surface area contributed by atoms with Crippen molar-refractivity contribution in [2.75, 3.05) is 31.6 Å². The molecule has 5 heteroatoms. The van der Waals surface area contributed by atoms with E-state index in [2.05, 4.69) is 14.6 Å². The summed E-state index contributed by atoms with van der Waals surface area (Å²) in [6.07, 6.45) is 1.08. The summed E-state index contributed by atoms with van der Waals surface area (Å²) in [7, 11) is 1.36. The minimum absolute atomic E-state index is 0.348. The average molecular weight is 235 g/mol. The van der Waals surface area contributed by atoms with Gasteiger partial charge in [0.1, 0.15) is 5.82 Å². The Morgan fingerprint density at radius 2 is 2.47 bits per heavy atom. The quantitative estimate of drug-likeness (QED) is 0.779. The summed E-state index contributed by atoms with van der Waals surface area (Å²) in [5.41, 5.74) is 6.00. The molecule has 5 nitrogen and oxygen atoms in total. The van der Waals surface area contributed by atoms with Crippen molar-refractivity contribution in [2.45, 2.75) is 6.42 Å². The molecule has 1 unspecified atom stereocenters. The number of carbonyl (C=O) groups is 1. The highest BCUT2D eigenvalue weighted by atomic mass is 16.5. The van der Waals surface area contributed by atoms with Crippen LogP contribution in [0.1, 0.15) is 16.9 Å². The van der Waals surface area contributed by atoms with Gasteiger partial charge in [0.15, 0.2) is 5.69 Å². The van der Waals surface area contributed by atoms with Gasteiger partial charge >= 0.3 is 5.97 Å². The van der Waals surface area contributed by atoms with Crippen LogP contribution in [0.5, 0.6) is 0 Å². The highest BCUT2D eigenvalue weighted by molar-refractivity contribution is 5.87. The molecule has 1 aliphatic heterocycles. The van der Waals surface area contributed by atoms with E-state index < -0.39 is 5.97 Å². The molecule has 2 heterocycles. The van der Waals surface area contributed by atoms with Gasteiger partial charge in [-0.25, -0.2) is 9.78 Å². The SMILES string of the molecule is COC(=O)c1cccc(N2CCC(CN)C2)n1. The van der Waals surface area contributed by atoms with Gasteiger partial charge < -0.3 is 15.4 Å². The lowest BCUT2D eigenvalue weighted by molar-refractivity contribution is 0.0594. The highest BCUT2D eigenvalue weighted by Gasteiger charge is 2.22. The van der Waals surface area contributed by atoms with Crippen molar-refractivity contribution in [3.8, 4) is 0 Å². The number of esters is 1. The van der Waals surface area contributed by atoms with E-state index in [0.29, 0.717) is 18.2 Å². The van der Waals surface area contributed by atoms with Crippen molar-refractivity contribution in [2.24, 2.45) is 11.7 Å². The molecule has 0 amide bonds. The third-order valence-electron chi connectivity index (χ3n) is 3.07. The number of carbonyl (C=O) groups excluding carboxylic acids is 1. The van der Waals surface area contributed by atoms with Crippen molar-refractivity contribution in [1.29, 1.82) is 0 Å². The summed E-state index contributed by atoms with van der Waals surface area (Å²) in [5.74, 6) is 0.948. The van der Waals surface area contributed by atoms with Gasteiger partial charge in [0.05, 0.1) is 7.11 Å². The number of pyridine rings is 1. The lowest BCUT2D eigenvalue weighted by atomic mass is 10.1. The second kappa shape index (κ2) is 5.14. The lowest BCUT2D eigenvalue weighted by Crippen LogP contribution is -2.24. The molecule has 0 spiro atoms. The molecule has 1 aliphatic rings. The Balaban J connectivity index is 2.14. The predicted octanol–water partition coefficient (Wildman–Crippen LogP) is 0.653. The number of nitrogens with zero attached hydrogens (tertiary/aromatic N) is 2. The standard InChI is InChI=1S/C12H17N3O2/c1-17-12(16)10-3-2-4-11(14-10)15-6-5-9(7-13)8-15/h2-4,9H,5-8,13H2,1H3. The van der Waals surface area contributed by atoms with Crippen LogP contribution in [-0.4, -0.2) is 37.7 Å². The van der Waals surface area contributed by atoms with Crippen LogP contribution in [-0.2, 0) is 4.74 Å². The Bertz CT molecular complexity index is 408. The number of nitrogens with two attached hydrogens (primary N) is 1. The van der Waals surface area contributed by atoms with E-state index in [-0.39, 0.29) is 0 Å². The molecule has 1 aromatic rings. The maximum Gasteiger partial charge on any atom is 0.356 e. The summed E-state index contributed by atoms with van der Waals surface area (Å²) < 4.78 is 4.66. The van der Waals surface area contributed by atoms with Crippen LogP contribution >= 0.6 is 0 Å². The van der Waals surface area contributed by atoms with Gasteiger partial charge in [-0.3, -0.25) is 0 Å². The second-order valence-electron chi connectivity index (χ2n) is 4.21. The Morgan fingerprint density at radius 3 is 3.12 bits per heavy atom. The van der Waals surface area contributed by atoms with E-state index in [1.54, 1.807) is 6.07 Å². The molecule has 1 atom stereocenters. The van der Waals surface area contributed by atoms with Gasteiger partial charge in [-0.15, -0.1) is 0 Å². The molecule has 17 heavy (non-hydrogen) atoms. The van der Waals surface area contributed by atoms with Crippen LogP contribution in [0.2, 0.25) is 0 Å². The monoisotopic (exact) mass is 235 g/mol. The zero-order valence-electron chi connectivity index (χ0n) is 9.93. The first-order valence-corrected chi connectivity index (χ1v) is 5.75. The third kappa shape index (κ3) is 2.55. The summed E-state index contributed by atoms with van der Waals surface area (Å²) in [6, 6.07) is 5.39. The predicted molar refractivity (Wildman–Crippen MR) is 65.0 cm³/mol. The summed E-state index contributed by atoms with van der Waals surface area (Å²) in [6.45, 7) is 2.56. The number of ether oxygens (including phenoxy) is 1. The molecule has 1 aromatic heterocycles. The molecule has 1 saturated heterocycles. The van der Waals surface area contributed by atoms with Crippen LogP contribution in [0.15, 0.2) is 18.2 Å². The fourth-order valence-electron chi connectivity index (χ4n) is 2.05. The van der Waals surface area contributed by atoms with Gasteiger partial charge in [-0.2, -0.15) is 0 Å². The van der Waals surface area contributed by atoms with E-state index in [0.717, 1.165) is 25.3 Å². The molecule has 92 valence electrons. The molecule has 0 radical (unpaired) electrons. The highest BCUT2D eigenvalue weighted by Crippen LogP contribution is 2.21. The van der Waals surface area contributed by atoms with Crippen LogP contribution in [0.25, 0.3) is 0 Å². The first kappa shape index (κ1) is 11.9. The van der Waals surface area contributed by atoms with Crippen LogP contribution in [0.3, 0.4) is 0 Å². The molecule has 0 bridgehead atoms. The van der Waals surface area contributed by atoms with E-state index in [1.165, 1.54) is 7.11 Å². The Labute approximate surface area is 101 Å². The van der Waals surface area contributed by atoms with E-state index >= 15 is 0 Å². The zero-order valence-corrected chi connectivity index (χ0v) is 9.93. The zero-order chi connectivity index (χ0) is 12.3. The number of aromatic nitrogens is 1. The number of anilines is 1. The lowest BCUT2D eigenvalue weighted by Gasteiger charge is -2.17. The molecule has 2 rings (SSSR count). The topological polar surface area (TPSA) is 68.5 Å². The van der Waals surface area contributed by atoms with Gasteiger partial charge in [-0.1, -0.05) is 6.07 Å². The van der Waals surface area contributed by atoms with Gasteiger partial charge in [0.25, 0.3) is 0 Å². The average Bonchev–Trinajstić information content (AvgIpc) is 2.86. The maximum absolute atomic E-state index is 11.4. The van der Waals surface area contributed by atoms with Crippen LogP contribution in [0.4, 0.5) is 5.82 Å². The summed E-state index contributed by atoms with van der Waals surface area (Å²) in [4.78, 5) is 17.8. The van der Waals surface area contributed by atoms with Crippen molar-refractivity contribution >= 4 is 11.8 Å². The molecule has 0 aromatic carbocycles. The summed E-state index contributed by atoms with van der Waals surface area (Å²) >= 11 is 0. The van der Waals surface area contributed by atoms with E-state index in [4.69, 9.17) is 5.73 Å². The number of hydrogen-bond donors (Lipinski definition) is 1. The Morgan fingerprint density at radius 1 is 1.65 bits per heavy atom. The second-order valence-corrected chi connectivity index (χ2v) is 4.21. The van der Waals surface area contributed by atoms with Gasteiger partial charge in [-0.05, 0) is 31.0 Å². The third-order valence-corrected chi connectivity index (χ3v) is 3.07. The van der Waals surface area contributed by atoms with E-state index in [9.17, 15) is 4.79 Å². The first-order chi connectivity index (χ1) is 8.24. The fourth-order valence-corrected chi connectivity index (χ4v) is 2.05. The number of methoxy groups -OCH3 is 1. The van der Waals surface area contributed by atoms with Crippen molar-refractivity contribution in [1.82, 2.24) is 4.98 Å². The normalized spacial score (nSPS) is 19.4. The van der Waals surface area contributed by atoms with Crippen LogP contribution in [0, 0.1) is 5.92 Å². The minimum Gasteiger partial charge on any atom is -0.464 e. The molecule has 2 N–H and O–H groups in total. The first-order valence-electron chi connectivity index (χ1n) is 5.75. The largest absolute Gasteiger partial charge is 0.464 e. The smallest absolute Gasteiger partial charge is 0.356 e. The van der Waals surface area contributed by atoms with Crippen molar-refractivity contribution < 1.29 is 9.53 Å². The van der Waals surface area contributed by atoms with Crippen LogP contribution < -0.4 is 10.6 Å². The van der Waals surface area contributed by atoms with Crippen molar-refractivity contribution in [3.05, 3.63) is 23.9 Å². The molecular weight excluding hydrogens is 218 g/mol. The molecule has 0 saturated carbocycles. The van der Waals surface area contributed by atoms with E-state index in [1.807, 2.05) is 12.1 Å². The number of hydrogen-bond acceptors (Lipinski definition) is 5. The molecular formula is C12H17N3O2. The van der Waals surface area contributed by atoms with Gasteiger partial charge in [0.2, 0.25) is 0 Å². The number of rotatable bonds is 3. The maximum atomic E-state index is 11.4. The summed E-state index contributed by atoms with van der Waals surface area (Å²) in [5, 5.41) is 0. The molecule has 1 fully saturated rings. The van der Waals surface area contributed by atoms with Crippen molar-refractivity contribution in [3.63, 3.8) is 0 Å². The van der Waals surface area contributed by atoms with Gasteiger partial charge in [0, 0.05) is 13.1 Å². The minimum atomic E-state index is -0.401.